The fraction of sp³-hybridized carbons (Fsp3) is 0.0741. The topological polar surface area (TPSA) is 15.6 Å². The molecule has 0 unspecified atom stereocenters. The van der Waals surface area contributed by atoms with E-state index >= 15 is 0 Å². The molecule has 0 saturated heterocycles. The number of nitrogens with zero attached hydrogens (tertiary/aromatic N) is 2. The third-order valence-electron chi connectivity index (χ3n) is 4.82. The Bertz CT molecular complexity index is 1000. The van der Waals surface area contributed by atoms with E-state index in [0.717, 1.165) is 24.3 Å². The molecule has 142 valence electrons. The van der Waals surface area contributed by atoms with Crippen LogP contribution < -0.4 is 4.90 Å². The Morgan fingerprint density at radius 2 is 1.03 bits per heavy atom. The maximum Gasteiger partial charge on any atom is 0.0629 e. The van der Waals surface area contributed by atoms with Crippen LogP contribution in [0, 0.1) is 0 Å². The van der Waals surface area contributed by atoms with Gasteiger partial charge in [0.25, 0.3) is 0 Å². The molecule has 2 heteroatoms. The van der Waals surface area contributed by atoms with Crippen LogP contribution in [0.25, 0.3) is 0 Å². The summed E-state index contributed by atoms with van der Waals surface area (Å²) in [4.78, 5) is 7.10. The molecule has 0 amide bonds. The third-order valence-corrected chi connectivity index (χ3v) is 4.82. The predicted molar refractivity (Wildman–Crippen MR) is 123 cm³/mol. The summed E-state index contributed by atoms with van der Waals surface area (Å²) in [5.41, 5.74) is 5.83. The zero-order chi connectivity index (χ0) is 19.7. The van der Waals surface area contributed by atoms with Gasteiger partial charge in [-0.25, -0.2) is 0 Å². The quantitative estimate of drug-likeness (QED) is 0.330. The standard InChI is InChI=1S/C27H24N2/c1-4-12-23(13-5-1)21-29(22-24-14-6-2-7-15-24)27-19-11-10-16-25(27)20-28-26-17-8-3-9-18-26/h1-20H,21-22H2. The molecule has 0 radical (unpaired) electrons. The lowest BCUT2D eigenvalue weighted by Crippen LogP contribution is -2.23. The van der Waals surface area contributed by atoms with Gasteiger partial charge in [-0.15, -0.1) is 0 Å². The van der Waals surface area contributed by atoms with E-state index in [0.29, 0.717) is 0 Å². The SMILES string of the molecule is C(=Nc1ccccc1)c1ccccc1N(Cc1ccccc1)Cc1ccccc1. The Morgan fingerprint density at radius 1 is 0.552 bits per heavy atom. The van der Waals surface area contributed by atoms with Crippen molar-refractivity contribution in [2.75, 3.05) is 4.90 Å². The minimum absolute atomic E-state index is 0.839. The molecule has 4 aromatic rings. The van der Waals surface area contributed by atoms with Crippen molar-refractivity contribution >= 4 is 17.6 Å². The van der Waals surface area contributed by atoms with Crippen molar-refractivity contribution in [2.45, 2.75) is 13.1 Å². The summed E-state index contributed by atoms with van der Waals surface area (Å²) in [5, 5.41) is 0. The maximum absolute atomic E-state index is 4.68. The van der Waals surface area contributed by atoms with Gasteiger partial charge >= 0.3 is 0 Å². The van der Waals surface area contributed by atoms with Gasteiger partial charge in [0.05, 0.1) is 5.69 Å². The van der Waals surface area contributed by atoms with Crippen molar-refractivity contribution in [3.8, 4) is 0 Å². The molecule has 0 aromatic heterocycles. The van der Waals surface area contributed by atoms with Crippen molar-refractivity contribution in [3.63, 3.8) is 0 Å². The summed E-state index contributed by atoms with van der Waals surface area (Å²) < 4.78 is 0. The maximum atomic E-state index is 4.68. The highest BCUT2D eigenvalue weighted by Gasteiger charge is 2.12. The van der Waals surface area contributed by atoms with Crippen LogP contribution in [0.3, 0.4) is 0 Å². The smallest absolute Gasteiger partial charge is 0.0629 e. The molecule has 4 aromatic carbocycles. The fourth-order valence-electron chi connectivity index (χ4n) is 3.38. The van der Waals surface area contributed by atoms with Gasteiger partial charge in [-0.05, 0) is 29.3 Å². The molecule has 2 nitrogen and oxygen atoms in total. The second-order valence-electron chi connectivity index (χ2n) is 6.98. The lowest BCUT2D eigenvalue weighted by molar-refractivity contribution is 0.799. The number of aliphatic imine (C=N–C) groups is 1. The first-order valence-electron chi connectivity index (χ1n) is 9.89. The molecule has 0 saturated carbocycles. The number of para-hydroxylation sites is 2. The summed E-state index contributed by atoms with van der Waals surface area (Å²) >= 11 is 0. The minimum Gasteiger partial charge on any atom is -0.362 e. The van der Waals surface area contributed by atoms with Crippen LogP contribution in [0.2, 0.25) is 0 Å². The summed E-state index contributed by atoms with van der Waals surface area (Å²) in [6, 6.07) is 39.8. The van der Waals surface area contributed by atoms with Crippen LogP contribution in [0.5, 0.6) is 0 Å². The highest BCUT2D eigenvalue weighted by molar-refractivity contribution is 5.89. The van der Waals surface area contributed by atoms with E-state index in [1.165, 1.54) is 16.8 Å². The monoisotopic (exact) mass is 376 g/mol. The lowest BCUT2D eigenvalue weighted by atomic mass is 10.1. The van der Waals surface area contributed by atoms with E-state index in [2.05, 4.69) is 94.8 Å². The number of rotatable bonds is 7. The molecule has 0 aliphatic rings. The van der Waals surface area contributed by atoms with Gasteiger partial charge in [-0.2, -0.15) is 0 Å². The molecule has 4 rings (SSSR count). The largest absolute Gasteiger partial charge is 0.362 e. The number of hydrogen-bond donors (Lipinski definition) is 0. The molecule has 0 fully saturated rings. The Hall–Kier alpha value is -3.65. The van der Waals surface area contributed by atoms with E-state index in [-0.39, 0.29) is 0 Å². The molecule has 0 N–H and O–H groups in total. The summed E-state index contributed by atoms with van der Waals surface area (Å²) in [6.45, 7) is 1.68. The fourth-order valence-corrected chi connectivity index (χ4v) is 3.38. The van der Waals surface area contributed by atoms with Gasteiger partial charge in [-0.1, -0.05) is 97.1 Å². The Kier molecular flexibility index (Phi) is 6.14. The van der Waals surface area contributed by atoms with Gasteiger partial charge < -0.3 is 4.90 Å². The van der Waals surface area contributed by atoms with Crippen molar-refractivity contribution in [2.24, 2.45) is 4.99 Å². The molecular formula is C27H24N2. The summed E-state index contributed by atoms with van der Waals surface area (Å²) in [7, 11) is 0. The van der Waals surface area contributed by atoms with E-state index in [1.807, 2.05) is 36.5 Å². The number of anilines is 1. The zero-order valence-corrected chi connectivity index (χ0v) is 16.4. The van der Waals surface area contributed by atoms with Crippen LogP contribution in [0.1, 0.15) is 16.7 Å². The molecule has 0 aliphatic heterocycles. The molecule has 0 bridgehead atoms. The molecule has 0 atom stereocenters. The first kappa shape index (κ1) is 18.7. The van der Waals surface area contributed by atoms with E-state index in [9.17, 15) is 0 Å². The highest BCUT2D eigenvalue weighted by atomic mass is 15.1. The Balaban J connectivity index is 1.67. The first-order chi connectivity index (χ1) is 14.4. The van der Waals surface area contributed by atoms with Crippen LogP contribution in [0.15, 0.2) is 120 Å². The first-order valence-corrected chi connectivity index (χ1v) is 9.89. The van der Waals surface area contributed by atoms with Crippen LogP contribution in [0.4, 0.5) is 11.4 Å². The second-order valence-corrected chi connectivity index (χ2v) is 6.98. The molecular weight excluding hydrogens is 352 g/mol. The summed E-state index contributed by atoms with van der Waals surface area (Å²) in [6.07, 6.45) is 1.97. The number of benzene rings is 4. The van der Waals surface area contributed by atoms with Crippen LogP contribution >= 0.6 is 0 Å². The lowest BCUT2D eigenvalue weighted by Gasteiger charge is -2.27. The van der Waals surface area contributed by atoms with E-state index in [4.69, 9.17) is 0 Å². The van der Waals surface area contributed by atoms with Gasteiger partial charge in [0.15, 0.2) is 0 Å². The molecule has 29 heavy (non-hydrogen) atoms. The van der Waals surface area contributed by atoms with Crippen molar-refractivity contribution in [1.29, 1.82) is 0 Å². The van der Waals surface area contributed by atoms with Gasteiger partial charge in [-0.3, -0.25) is 4.99 Å². The van der Waals surface area contributed by atoms with Crippen molar-refractivity contribution < 1.29 is 0 Å². The third kappa shape index (κ3) is 5.20. The van der Waals surface area contributed by atoms with Gasteiger partial charge in [0, 0.05) is 30.6 Å². The van der Waals surface area contributed by atoms with Gasteiger partial charge in [0.2, 0.25) is 0 Å². The Morgan fingerprint density at radius 3 is 1.62 bits per heavy atom. The Labute approximate surface area is 172 Å². The molecule has 0 aliphatic carbocycles. The number of hydrogen-bond acceptors (Lipinski definition) is 2. The van der Waals surface area contributed by atoms with Crippen LogP contribution in [-0.2, 0) is 13.1 Å². The van der Waals surface area contributed by atoms with E-state index < -0.39 is 0 Å². The summed E-state index contributed by atoms with van der Waals surface area (Å²) in [5.74, 6) is 0. The average Bonchev–Trinajstić information content (AvgIpc) is 2.80. The highest BCUT2D eigenvalue weighted by Crippen LogP contribution is 2.24. The second kappa shape index (κ2) is 9.52. The predicted octanol–water partition coefficient (Wildman–Crippen LogP) is 6.64. The normalized spacial score (nSPS) is 10.9. The minimum atomic E-state index is 0.839. The van der Waals surface area contributed by atoms with Crippen LogP contribution in [-0.4, -0.2) is 6.21 Å². The zero-order valence-electron chi connectivity index (χ0n) is 16.4. The van der Waals surface area contributed by atoms with E-state index in [1.54, 1.807) is 0 Å². The molecule has 0 spiro atoms. The average molecular weight is 377 g/mol. The van der Waals surface area contributed by atoms with Gasteiger partial charge in [0.1, 0.15) is 0 Å². The van der Waals surface area contributed by atoms with Crippen molar-refractivity contribution in [1.82, 2.24) is 0 Å². The van der Waals surface area contributed by atoms with Crippen molar-refractivity contribution in [3.05, 3.63) is 132 Å². The molecule has 0 heterocycles.